The summed E-state index contributed by atoms with van der Waals surface area (Å²) in [6.45, 7) is 1.46. The van der Waals surface area contributed by atoms with Crippen LogP contribution in [0.15, 0.2) is 17.0 Å². The third kappa shape index (κ3) is 2.96. The molecule has 1 aromatic rings. The van der Waals surface area contributed by atoms with Gasteiger partial charge >= 0.3 is 11.9 Å². The van der Waals surface area contributed by atoms with Crippen molar-refractivity contribution in [3.8, 4) is 0 Å². The Morgan fingerprint density at radius 3 is 2.33 bits per heavy atom. The number of benzene rings is 1. The van der Waals surface area contributed by atoms with E-state index in [1.165, 1.54) is 6.92 Å². The number of nitrogens with one attached hydrogen (secondary N) is 1. The molecule has 9 heteroatoms. The number of amides is 1. The van der Waals surface area contributed by atoms with Gasteiger partial charge in [0.15, 0.2) is 0 Å². The standard InChI is InChI=1S/C9H10N2O6S/c1-4-6(10)2-5(18(15,16)17)3-7(4)11-8(12)9(13)14/h2-3H,10H2,1H3,(H,11,12)(H,13,14)(H,15,16,17). The normalized spacial score (nSPS) is 11.0. The zero-order valence-electron chi connectivity index (χ0n) is 9.17. The fourth-order valence-electron chi connectivity index (χ4n) is 1.16. The number of aliphatic carboxylic acids is 1. The SMILES string of the molecule is Cc1c(N)cc(S(=O)(=O)O)cc1NC(=O)C(=O)O. The molecule has 0 radical (unpaired) electrons. The first-order chi connectivity index (χ1) is 8.12. The number of carboxylic acid groups (broad SMARTS) is 1. The zero-order valence-corrected chi connectivity index (χ0v) is 9.98. The molecule has 0 saturated carbocycles. The van der Waals surface area contributed by atoms with E-state index in [0.29, 0.717) is 0 Å². The van der Waals surface area contributed by atoms with E-state index in [9.17, 15) is 18.0 Å². The Kier molecular flexibility index (Phi) is 3.58. The van der Waals surface area contributed by atoms with Gasteiger partial charge in [0, 0.05) is 11.4 Å². The van der Waals surface area contributed by atoms with Crippen LogP contribution in [-0.2, 0) is 19.7 Å². The monoisotopic (exact) mass is 274 g/mol. The fourth-order valence-corrected chi connectivity index (χ4v) is 1.71. The molecule has 0 saturated heterocycles. The quantitative estimate of drug-likeness (QED) is 0.333. The van der Waals surface area contributed by atoms with Crippen LogP contribution in [-0.4, -0.2) is 30.0 Å². The molecule has 18 heavy (non-hydrogen) atoms. The van der Waals surface area contributed by atoms with Crippen LogP contribution in [0.1, 0.15) is 5.56 Å². The van der Waals surface area contributed by atoms with E-state index in [2.05, 4.69) is 0 Å². The van der Waals surface area contributed by atoms with Gasteiger partial charge in [-0.2, -0.15) is 8.42 Å². The smallest absolute Gasteiger partial charge is 0.394 e. The number of carbonyl (C=O) groups is 2. The second-order valence-corrected chi connectivity index (χ2v) is 4.84. The lowest BCUT2D eigenvalue weighted by atomic mass is 10.1. The molecule has 0 bridgehead atoms. The summed E-state index contributed by atoms with van der Waals surface area (Å²) in [6, 6.07) is 1.92. The number of rotatable bonds is 2. The van der Waals surface area contributed by atoms with E-state index >= 15 is 0 Å². The summed E-state index contributed by atoms with van der Waals surface area (Å²) in [5.74, 6) is -3.07. The van der Waals surface area contributed by atoms with Crippen LogP contribution in [0.2, 0.25) is 0 Å². The number of nitrogens with two attached hydrogens (primary N) is 1. The van der Waals surface area contributed by atoms with Crippen LogP contribution in [0.5, 0.6) is 0 Å². The van der Waals surface area contributed by atoms with E-state index < -0.39 is 26.9 Å². The van der Waals surface area contributed by atoms with Crippen LogP contribution < -0.4 is 11.1 Å². The highest BCUT2D eigenvalue weighted by Crippen LogP contribution is 2.26. The van der Waals surface area contributed by atoms with Crippen molar-refractivity contribution in [1.82, 2.24) is 0 Å². The van der Waals surface area contributed by atoms with Gasteiger partial charge in [0.2, 0.25) is 0 Å². The molecule has 1 amide bonds. The second-order valence-electron chi connectivity index (χ2n) is 3.42. The van der Waals surface area contributed by atoms with E-state index in [-0.39, 0.29) is 16.9 Å². The van der Waals surface area contributed by atoms with Gasteiger partial charge in [-0.05, 0) is 24.6 Å². The highest BCUT2D eigenvalue weighted by molar-refractivity contribution is 7.85. The molecule has 0 aromatic heterocycles. The molecule has 0 atom stereocenters. The molecule has 0 unspecified atom stereocenters. The Bertz CT molecular complexity index is 622. The molecule has 5 N–H and O–H groups in total. The third-order valence-corrected chi connectivity index (χ3v) is 2.99. The predicted octanol–water partition coefficient (Wildman–Crippen LogP) is -0.153. The third-order valence-electron chi connectivity index (χ3n) is 2.16. The Hall–Kier alpha value is -2.13. The van der Waals surface area contributed by atoms with Gasteiger partial charge < -0.3 is 16.2 Å². The molecule has 98 valence electrons. The van der Waals surface area contributed by atoms with Gasteiger partial charge in [-0.3, -0.25) is 9.35 Å². The average Bonchev–Trinajstić information content (AvgIpc) is 2.22. The number of hydrogen-bond donors (Lipinski definition) is 4. The number of hydrogen-bond acceptors (Lipinski definition) is 5. The van der Waals surface area contributed by atoms with Crippen LogP contribution in [0.3, 0.4) is 0 Å². The minimum Gasteiger partial charge on any atom is -0.474 e. The Balaban J connectivity index is 3.32. The highest BCUT2D eigenvalue weighted by atomic mass is 32.2. The summed E-state index contributed by atoms with van der Waals surface area (Å²) in [6.07, 6.45) is 0. The zero-order chi connectivity index (χ0) is 14.1. The predicted molar refractivity (Wildman–Crippen MR) is 61.7 cm³/mol. The summed E-state index contributed by atoms with van der Waals surface area (Å²) in [7, 11) is -4.50. The van der Waals surface area contributed by atoms with Gasteiger partial charge in [0.05, 0.1) is 4.90 Å². The molecular weight excluding hydrogens is 264 g/mol. The average molecular weight is 274 g/mol. The lowest BCUT2D eigenvalue weighted by molar-refractivity contribution is -0.147. The van der Waals surface area contributed by atoms with Crippen molar-refractivity contribution in [2.45, 2.75) is 11.8 Å². The molecule has 0 spiro atoms. The van der Waals surface area contributed by atoms with Gasteiger partial charge in [-0.25, -0.2) is 4.79 Å². The van der Waals surface area contributed by atoms with Crippen LogP contribution in [0, 0.1) is 6.92 Å². The minimum absolute atomic E-state index is 0.00851. The topological polar surface area (TPSA) is 147 Å². The number of anilines is 2. The maximum Gasteiger partial charge on any atom is 0.394 e. The summed E-state index contributed by atoms with van der Waals surface area (Å²) in [5.41, 5.74) is 5.67. The van der Waals surface area contributed by atoms with E-state index in [1.54, 1.807) is 0 Å². The lowest BCUT2D eigenvalue weighted by Gasteiger charge is -2.10. The molecule has 0 heterocycles. The summed E-state index contributed by atoms with van der Waals surface area (Å²) in [5, 5.41) is 10.4. The van der Waals surface area contributed by atoms with Gasteiger partial charge in [-0.15, -0.1) is 0 Å². The van der Waals surface area contributed by atoms with Crippen molar-refractivity contribution in [3.63, 3.8) is 0 Å². The first-order valence-electron chi connectivity index (χ1n) is 4.55. The number of carbonyl (C=O) groups excluding carboxylic acids is 1. The van der Waals surface area contributed by atoms with E-state index in [4.69, 9.17) is 15.4 Å². The first-order valence-corrected chi connectivity index (χ1v) is 5.99. The number of carboxylic acids is 1. The fraction of sp³-hybridized carbons (Fsp3) is 0.111. The molecule has 0 fully saturated rings. The second kappa shape index (κ2) is 4.63. The van der Waals surface area contributed by atoms with E-state index in [1.807, 2.05) is 5.32 Å². The van der Waals surface area contributed by atoms with Gasteiger partial charge in [0.25, 0.3) is 10.1 Å². The maximum atomic E-state index is 11.0. The highest BCUT2D eigenvalue weighted by Gasteiger charge is 2.18. The first kappa shape index (κ1) is 13.9. The van der Waals surface area contributed by atoms with E-state index in [0.717, 1.165) is 12.1 Å². The van der Waals surface area contributed by atoms with Crippen molar-refractivity contribution < 1.29 is 27.7 Å². The molecule has 0 aliphatic rings. The molecule has 8 nitrogen and oxygen atoms in total. The molecule has 0 aliphatic carbocycles. The molecule has 1 rings (SSSR count). The van der Waals surface area contributed by atoms with Crippen molar-refractivity contribution >= 4 is 33.4 Å². The Labute approximate surface area is 102 Å². The van der Waals surface area contributed by atoms with Crippen LogP contribution in [0.4, 0.5) is 11.4 Å². The molecule has 0 aliphatic heterocycles. The lowest BCUT2D eigenvalue weighted by Crippen LogP contribution is -2.22. The van der Waals surface area contributed by atoms with Crippen LogP contribution >= 0.6 is 0 Å². The summed E-state index contributed by atoms with van der Waals surface area (Å²) in [4.78, 5) is 20.8. The van der Waals surface area contributed by atoms with Gasteiger partial charge in [0.1, 0.15) is 0 Å². The molecule has 1 aromatic carbocycles. The van der Waals surface area contributed by atoms with Crippen molar-refractivity contribution in [2.75, 3.05) is 11.1 Å². The molecular formula is C9H10N2O6S. The minimum atomic E-state index is -4.50. The summed E-state index contributed by atoms with van der Waals surface area (Å²) >= 11 is 0. The van der Waals surface area contributed by atoms with Gasteiger partial charge in [-0.1, -0.05) is 0 Å². The van der Waals surface area contributed by atoms with Crippen LogP contribution in [0.25, 0.3) is 0 Å². The largest absolute Gasteiger partial charge is 0.474 e. The summed E-state index contributed by atoms with van der Waals surface area (Å²) < 4.78 is 30.7. The van der Waals surface area contributed by atoms with Crippen molar-refractivity contribution in [1.29, 1.82) is 0 Å². The van der Waals surface area contributed by atoms with Crippen molar-refractivity contribution in [3.05, 3.63) is 17.7 Å². The maximum absolute atomic E-state index is 11.0. The van der Waals surface area contributed by atoms with Crippen molar-refractivity contribution in [2.24, 2.45) is 0 Å². The Morgan fingerprint density at radius 2 is 1.89 bits per heavy atom. The Morgan fingerprint density at radius 1 is 1.33 bits per heavy atom. The number of nitrogen functional groups attached to an aromatic ring is 1.